The number of rotatable bonds is 3. The topological polar surface area (TPSA) is 18.5 Å². The van der Waals surface area contributed by atoms with Gasteiger partial charge in [-0.15, -0.1) is 11.6 Å². The van der Waals surface area contributed by atoms with Gasteiger partial charge in [-0.3, -0.25) is 0 Å². The molecular weight excluding hydrogens is 236 g/mol. The van der Waals surface area contributed by atoms with Crippen LogP contribution in [-0.4, -0.2) is 19.8 Å². The number of halogens is 1. The van der Waals surface area contributed by atoms with Gasteiger partial charge in [-0.25, -0.2) is 0 Å². The summed E-state index contributed by atoms with van der Waals surface area (Å²) in [5.74, 6) is 1.40. The van der Waals surface area contributed by atoms with Crippen LogP contribution < -0.4 is 4.74 Å². The molecule has 3 heteroatoms. The summed E-state index contributed by atoms with van der Waals surface area (Å²) in [6.07, 6.45) is 1.23. The molecule has 0 N–H and O–H groups in total. The average Bonchev–Trinajstić information content (AvgIpc) is 2.74. The second-order valence-electron chi connectivity index (χ2n) is 4.73. The molecule has 0 aromatic heterocycles. The molecule has 0 aliphatic carbocycles. The van der Waals surface area contributed by atoms with Crippen molar-refractivity contribution in [2.45, 2.75) is 31.7 Å². The molecule has 94 valence electrons. The molecule has 1 aromatic carbocycles. The van der Waals surface area contributed by atoms with E-state index in [1.807, 2.05) is 18.2 Å². The van der Waals surface area contributed by atoms with Gasteiger partial charge in [-0.05, 0) is 42.5 Å². The Labute approximate surface area is 108 Å². The highest BCUT2D eigenvalue weighted by Crippen LogP contribution is 2.37. The maximum atomic E-state index is 6.54. The lowest BCUT2D eigenvalue weighted by atomic mass is 9.94. The normalized spacial score (nSPS) is 25.9. The highest BCUT2D eigenvalue weighted by Gasteiger charge is 2.32. The second-order valence-corrected chi connectivity index (χ2v) is 5.20. The van der Waals surface area contributed by atoms with Crippen LogP contribution in [0.15, 0.2) is 18.2 Å². The van der Waals surface area contributed by atoms with Crippen LogP contribution in [-0.2, 0) is 4.74 Å². The van der Waals surface area contributed by atoms with Crippen molar-refractivity contribution < 1.29 is 9.47 Å². The predicted molar refractivity (Wildman–Crippen MR) is 69.8 cm³/mol. The number of hydrogen-bond donors (Lipinski definition) is 0. The van der Waals surface area contributed by atoms with E-state index in [0.29, 0.717) is 5.92 Å². The number of hydrogen-bond acceptors (Lipinski definition) is 2. The molecule has 0 amide bonds. The third kappa shape index (κ3) is 2.58. The van der Waals surface area contributed by atoms with E-state index >= 15 is 0 Å². The highest BCUT2D eigenvalue weighted by molar-refractivity contribution is 6.21. The SMILES string of the molecule is COc1ccc(C(Cl)C2OCCC2C)c(C)c1. The van der Waals surface area contributed by atoms with Crippen LogP contribution >= 0.6 is 11.6 Å². The van der Waals surface area contributed by atoms with Crippen LogP contribution in [0.1, 0.15) is 29.8 Å². The van der Waals surface area contributed by atoms with Crippen molar-refractivity contribution in [1.82, 2.24) is 0 Å². The van der Waals surface area contributed by atoms with Gasteiger partial charge in [0.25, 0.3) is 0 Å². The van der Waals surface area contributed by atoms with Gasteiger partial charge in [-0.2, -0.15) is 0 Å². The van der Waals surface area contributed by atoms with E-state index in [2.05, 4.69) is 13.8 Å². The fraction of sp³-hybridized carbons (Fsp3) is 0.571. The molecule has 0 saturated carbocycles. The molecule has 1 saturated heterocycles. The minimum absolute atomic E-state index is 0.0709. The molecule has 17 heavy (non-hydrogen) atoms. The molecular formula is C14H19ClO2. The zero-order valence-electron chi connectivity index (χ0n) is 10.6. The zero-order chi connectivity index (χ0) is 12.4. The number of alkyl halides is 1. The molecule has 3 atom stereocenters. The second kappa shape index (κ2) is 5.28. The molecule has 0 radical (unpaired) electrons. The summed E-state index contributed by atoms with van der Waals surface area (Å²) < 4.78 is 10.9. The fourth-order valence-electron chi connectivity index (χ4n) is 2.35. The van der Waals surface area contributed by atoms with Crippen LogP contribution in [0.5, 0.6) is 5.75 Å². The van der Waals surface area contributed by atoms with E-state index in [0.717, 1.165) is 29.9 Å². The smallest absolute Gasteiger partial charge is 0.119 e. The first-order valence-electron chi connectivity index (χ1n) is 6.03. The minimum Gasteiger partial charge on any atom is -0.497 e. The molecule has 0 bridgehead atoms. The van der Waals surface area contributed by atoms with Gasteiger partial charge >= 0.3 is 0 Å². The maximum Gasteiger partial charge on any atom is 0.119 e. The Morgan fingerprint density at radius 1 is 1.47 bits per heavy atom. The van der Waals surface area contributed by atoms with E-state index < -0.39 is 0 Å². The van der Waals surface area contributed by atoms with Crippen LogP contribution in [0.2, 0.25) is 0 Å². The summed E-state index contributed by atoms with van der Waals surface area (Å²) in [7, 11) is 1.68. The van der Waals surface area contributed by atoms with Crippen LogP contribution in [0.4, 0.5) is 0 Å². The first-order chi connectivity index (χ1) is 8.13. The van der Waals surface area contributed by atoms with Crippen LogP contribution in [0.3, 0.4) is 0 Å². The van der Waals surface area contributed by atoms with Gasteiger partial charge in [0.05, 0.1) is 18.6 Å². The molecule has 2 nitrogen and oxygen atoms in total. The van der Waals surface area contributed by atoms with Crippen molar-refractivity contribution in [1.29, 1.82) is 0 Å². The Hall–Kier alpha value is -0.730. The molecule has 3 unspecified atom stereocenters. The summed E-state index contributed by atoms with van der Waals surface area (Å²) in [6.45, 7) is 5.09. The summed E-state index contributed by atoms with van der Waals surface area (Å²) in [5.41, 5.74) is 2.30. The van der Waals surface area contributed by atoms with Crippen molar-refractivity contribution in [3.05, 3.63) is 29.3 Å². The quantitative estimate of drug-likeness (QED) is 0.766. The zero-order valence-corrected chi connectivity index (χ0v) is 11.3. The number of benzene rings is 1. The van der Waals surface area contributed by atoms with Crippen molar-refractivity contribution in [2.24, 2.45) is 5.92 Å². The van der Waals surface area contributed by atoms with E-state index in [1.54, 1.807) is 7.11 Å². The molecule has 1 aliphatic heterocycles. The lowest BCUT2D eigenvalue weighted by molar-refractivity contribution is 0.0902. The lowest BCUT2D eigenvalue weighted by Crippen LogP contribution is -2.20. The summed E-state index contributed by atoms with van der Waals surface area (Å²) in [4.78, 5) is 0. The fourth-order valence-corrected chi connectivity index (χ4v) is 2.92. The molecule has 0 spiro atoms. The van der Waals surface area contributed by atoms with E-state index in [9.17, 15) is 0 Å². The largest absolute Gasteiger partial charge is 0.497 e. The van der Waals surface area contributed by atoms with Crippen molar-refractivity contribution >= 4 is 11.6 Å². The first-order valence-corrected chi connectivity index (χ1v) is 6.47. The van der Waals surface area contributed by atoms with E-state index in [-0.39, 0.29) is 11.5 Å². The minimum atomic E-state index is -0.0709. The summed E-state index contributed by atoms with van der Waals surface area (Å²) >= 11 is 6.54. The van der Waals surface area contributed by atoms with E-state index in [1.165, 1.54) is 0 Å². The van der Waals surface area contributed by atoms with Gasteiger partial charge in [0, 0.05) is 6.61 Å². The van der Waals surface area contributed by atoms with Gasteiger partial charge in [0.1, 0.15) is 5.75 Å². The Kier molecular flexibility index (Phi) is 3.95. The average molecular weight is 255 g/mol. The predicted octanol–water partition coefficient (Wildman–Crippen LogP) is 3.71. The number of methoxy groups -OCH3 is 1. The van der Waals surface area contributed by atoms with Gasteiger partial charge in [-0.1, -0.05) is 13.0 Å². The number of aryl methyl sites for hydroxylation is 1. The Bertz CT molecular complexity index is 392. The molecule has 2 rings (SSSR count). The van der Waals surface area contributed by atoms with Crippen LogP contribution in [0.25, 0.3) is 0 Å². The summed E-state index contributed by atoms with van der Waals surface area (Å²) in [5, 5.41) is -0.0709. The van der Waals surface area contributed by atoms with Crippen LogP contribution in [0, 0.1) is 12.8 Å². The molecule has 1 aliphatic rings. The Morgan fingerprint density at radius 3 is 2.76 bits per heavy atom. The van der Waals surface area contributed by atoms with Crippen molar-refractivity contribution in [3.63, 3.8) is 0 Å². The van der Waals surface area contributed by atoms with Crippen molar-refractivity contribution in [3.8, 4) is 5.75 Å². The monoisotopic (exact) mass is 254 g/mol. The number of ether oxygens (including phenoxy) is 2. The summed E-state index contributed by atoms with van der Waals surface area (Å²) in [6, 6.07) is 6.02. The van der Waals surface area contributed by atoms with E-state index in [4.69, 9.17) is 21.1 Å². The Balaban J connectivity index is 2.21. The molecule has 1 heterocycles. The molecule has 1 aromatic rings. The molecule has 1 fully saturated rings. The highest BCUT2D eigenvalue weighted by atomic mass is 35.5. The Morgan fingerprint density at radius 2 is 2.24 bits per heavy atom. The van der Waals surface area contributed by atoms with Gasteiger partial charge < -0.3 is 9.47 Å². The first kappa shape index (κ1) is 12.7. The lowest BCUT2D eigenvalue weighted by Gasteiger charge is -2.22. The third-order valence-corrected chi connectivity index (χ3v) is 3.99. The van der Waals surface area contributed by atoms with Gasteiger partial charge in [0.15, 0.2) is 0 Å². The third-order valence-electron chi connectivity index (χ3n) is 3.51. The van der Waals surface area contributed by atoms with Crippen molar-refractivity contribution in [2.75, 3.05) is 13.7 Å². The van der Waals surface area contributed by atoms with Gasteiger partial charge in [0.2, 0.25) is 0 Å². The maximum absolute atomic E-state index is 6.54. The standard InChI is InChI=1S/C14H19ClO2/c1-9-6-7-17-14(9)13(15)12-5-4-11(16-3)8-10(12)2/h4-5,8-9,13-14H,6-7H2,1-3H3.